The Morgan fingerprint density at radius 2 is 1.70 bits per heavy atom. The van der Waals surface area contributed by atoms with Crippen molar-refractivity contribution in [1.82, 2.24) is 0 Å². The van der Waals surface area contributed by atoms with E-state index in [2.05, 4.69) is 19.9 Å². The molecule has 1 unspecified atom stereocenters. The quantitative estimate of drug-likeness (QED) is 0.849. The molecule has 0 spiro atoms. The molecule has 3 saturated heterocycles. The normalized spacial score (nSPS) is 33.6. The fourth-order valence-corrected chi connectivity index (χ4v) is 2.82. The molecule has 0 N–H and O–H groups in total. The van der Waals surface area contributed by atoms with Crippen molar-refractivity contribution in [3.05, 3.63) is 35.4 Å². The average Bonchev–Trinajstić information content (AvgIpc) is 2.55. The molecule has 106 valence electrons. The molecule has 0 aromatic heterocycles. The number of hydrogen-bond donors (Lipinski definition) is 0. The molecule has 0 amide bonds. The zero-order chi connectivity index (χ0) is 14.2. The Labute approximate surface area is 119 Å². The molecule has 3 aliphatic rings. The van der Waals surface area contributed by atoms with Crippen LogP contribution in [0.25, 0.3) is 0 Å². The Balaban J connectivity index is 1.82. The minimum atomic E-state index is -1.08. The highest BCUT2D eigenvalue weighted by Crippen LogP contribution is 2.48. The fourth-order valence-electron chi connectivity index (χ4n) is 2.82. The predicted molar refractivity (Wildman–Crippen MR) is 72.6 cm³/mol. The molecular formula is C16H19NO3. The van der Waals surface area contributed by atoms with Gasteiger partial charge in [0, 0.05) is 11.0 Å². The van der Waals surface area contributed by atoms with Gasteiger partial charge in [-0.25, -0.2) is 0 Å². The summed E-state index contributed by atoms with van der Waals surface area (Å²) in [7, 11) is 0. The molecule has 3 heterocycles. The minimum Gasteiger partial charge on any atom is -0.323 e. The molecule has 4 rings (SSSR count). The maximum absolute atomic E-state index is 8.85. The average molecular weight is 273 g/mol. The summed E-state index contributed by atoms with van der Waals surface area (Å²) in [5.41, 5.74) is 1.41. The summed E-state index contributed by atoms with van der Waals surface area (Å²) in [5, 5.41) is 8.85. The van der Waals surface area contributed by atoms with Crippen molar-refractivity contribution in [2.45, 2.75) is 26.2 Å². The summed E-state index contributed by atoms with van der Waals surface area (Å²) in [6.07, 6.45) is 1.08. The summed E-state index contributed by atoms with van der Waals surface area (Å²) in [6.45, 7) is 6.36. The first-order valence-electron chi connectivity index (χ1n) is 7.07. The summed E-state index contributed by atoms with van der Waals surface area (Å²) >= 11 is 0. The van der Waals surface area contributed by atoms with Crippen LogP contribution in [-0.2, 0) is 20.2 Å². The molecule has 1 aromatic rings. The van der Waals surface area contributed by atoms with E-state index < -0.39 is 5.97 Å². The van der Waals surface area contributed by atoms with Gasteiger partial charge in [-0.05, 0) is 30.2 Å². The van der Waals surface area contributed by atoms with Crippen LogP contribution in [0.1, 0.15) is 31.4 Å². The molecule has 3 fully saturated rings. The van der Waals surface area contributed by atoms with Gasteiger partial charge in [-0.15, -0.1) is 0 Å². The predicted octanol–water partition coefficient (Wildman–Crippen LogP) is 2.78. The van der Waals surface area contributed by atoms with E-state index in [-0.39, 0.29) is 5.41 Å². The van der Waals surface area contributed by atoms with E-state index in [0.717, 1.165) is 12.0 Å². The van der Waals surface area contributed by atoms with Crippen LogP contribution in [0.2, 0.25) is 0 Å². The van der Waals surface area contributed by atoms with Gasteiger partial charge in [-0.2, -0.15) is 5.26 Å². The fraction of sp³-hybridized carbons (Fsp3) is 0.562. The lowest BCUT2D eigenvalue weighted by atomic mass is 9.75. The van der Waals surface area contributed by atoms with Gasteiger partial charge >= 0.3 is 5.97 Å². The second-order valence-electron chi connectivity index (χ2n) is 5.78. The standard InChI is InChI=1S/C16H19NO3/c1-3-12(2)15-9-18-16(19-10-15,20-11-15)14-6-4-13(8-17)5-7-14/h4-7,12H,3,9-11H2,1-2H3. The van der Waals surface area contributed by atoms with Crippen LogP contribution >= 0.6 is 0 Å². The zero-order valence-corrected chi connectivity index (χ0v) is 11.9. The lowest BCUT2D eigenvalue weighted by molar-refractivity contribution is -0.485. The van der Waals surface area contributed by atoms with Crippen molar-refractivity contribution in [3.8, 4) is 6.07 Å². The van der Waals surface area contributed by atoms with Crippen LogP contribution in [0.5, 0.6) is 0 Å². The van der Waals surface area contributed by atoms with E-state index in [9.17, 15) is 0 Å². The Hall–Kier alpha value is -1.41. The molecule has 0 radical (unpaired) electrons. The van der Waals surface area contributed by atoms with Crippen LogP contribution in [0, 0.1) is 22.7 Å². The van der Waals surface area contributed by atoms with Gasteiger partial charge in [0.2, 0.25) is 0 Å². The van der Waals surface area contributed by atoms with Crippen molar-refractivity contribution in [2.75, 3.05) is 19.8 Å². The van der Waals surface area contributed by atoms with E-state index >= 15 is 0 Å². The van der Waals surface area contributed by atoms with Crippen molar-refractivity contribution < 1.29 is 14.2 Å². The molecule has 1 atom stereocenters. The van der Waals surface area contributed by atoms with E-state index in [1.807, 2.05) is 12.1 Å². The first-order valence-corrected chi connectivity index (χ1v) is 7.07. The topological polar surface area (TPSA) is 51.5 Å². The minimum absolute atomic E-state index is 0.0247. The molecule has 3 aliphatic heterocycles. The second kappa shape index (κ2) is 4.85. The van der Waals surface area contributed by atoms with E-state index in [1.54, 1.807) is 12.1 Å². The van der Waals surface area contributed by atoms with Crippen molar-refractivity contribution in [1.29, 1.82) is 5.26 Å². The van der Waals surface area contributed by atoms with Gasteiger partial charge < -0.3 is 14.2 Å². The maximum Gasteiger partial charge on any atom is 0.312 e. The number of ether oxygens (including phenoxy) is 3. The van der Waals surface area contributed by atoms with Gasteiger partial charge in [0.1, 0.15) is 0 Å². The van der Waals surface area contributed by atoms with Crippen molar-refractivity contribution in [3.63, 3.8) is 0 Å². The maximum atomic E-state index is 8.85. The molecule has 4 nitrogen and oxygen atoms in total. The Bertz CT molecular complexity index is 507. The van der Waals surface area contributed by atoms with Gasteiger partial charge in [0.05, 0.1) is 31.5 Å². The molecule has 20 heavy (non-hydrogen) atoms. The number of rotatable bonds is 3. The first-order chi connectivity index (χ1) is 9.64. The zero-order valence-electron chi connectivity index (χ0n) is 11.9. The van der Waals surface area contributed by atoms with E-state index in [4.69, 9.17) is 19.5 Å². The number of fused-ring (bicyclic) bond motifs is 3. The third-order valence-corrected chi connectivity index (χ3v) is 4.67. The molecule has 1 aromatic carbocycles. The first kappa shape index (κ1) is 13.6. The van der Waals surface area contributed by atoms with Gasteiger partial charge in [-0.3, -0.25) is 0 Å². The van der Waals surface area contributed by atoms with Crippen LogP contribution in [0.15, 0.2) is 24.3 Å². The third-order valence-electron chi connectivity index (χ3n) is 4.67. The molecule has 0 aliphatic carbocycles. The highest BCUT2D eigenvalue weighted by molar-refractivity contribution is 5.33. The largest absolute Gasteiger partial charge is 0.323 e. The van der Waals surface area contributed by atoms with Crippen LogP contribution in [0.3, 0.4) is 0 Å². The lowest BCUT2D eigenvalue weighted by Gasteiger charge is -2.54. The van der Waals surface area contributed by atoms with Crippen molar-refractivity contribution in [2.24, 2.45) is 11.3 Å². The number of benzene rings is 1. The van der Waals surface area contributed by atoms with Crippen LogP contribution in [0.4, 0.5) is 0 Å². The summed E-state index contributed by atoms with van der Waals surface area (Å²) in [5.74, 6) is -0.579. The number of nitrogens with zero attached hydrogens (tertiary/aromatic N) is 1. The van der Waals surface area contributed by atoms with Gasteiger partial charge in [0.25, 0.3) is 0 Å². The Morgan fingerprint density at radius 1 is 1.15 bits per heavy atom. The van der Waals surface area contributed by atoms with Crippen molar-refractivity contribution >= 4 is 0 Å². The summed E-state index contributed by atoms with van der Waals surface area (Å²) < 4.78 is 17.8. The third kappa shape index (κ3) is 1.94. The molecule has 4 heteroatoms. The Kier molecular flexibility index (Phi) is 3.29. The number of hydrogen-bond acceptors (Lipinski definition) is 4. The molecule has 0 saturated carbocycles. The Morgan fingerprint density at radius 3 is 2.15 bits per heavy atom. The summed E-state index contributed by atoms with van der Waals surface area (Å²) in [6, 6.07) is 9.28. The number of nitriles is 1. The van der Waals surface area contributed by atoms with Crippen LogP contribution < -0.4 is 0 Å². The van der Waals surface area contributed by atoms with E-state index in [0.29, 0.717) is 31.3 Å². The monoisotopic (exact) mass is 273 g/mol. The SMILES string of the molecule is CCC(C)C12COC(c3ccc(C#N)cc3)(OC1)OC2. The smallest absolute Gasteiger partial charge is 0.312 e. The highest BCUT2D eigenvalue weighted by Gasteiger charge is 2.55. The molecular weight excluding hydrogens is 254 g/mol. The van der Waals surface area contributed by atoms with E-state index in [1.165, 1.54) is 0 Å². The van der Waals surface area contributed by atoms with Gasteiger partial charge in [0.15, 0.2) is 0 Å². The van der Waals surface area contributed by atoms with Crippen LogP contribution in [-0.4, -0.2) is 19.8 Å². The molecule has 2 bridgehead atoms. The van der Waals surface area contributed by atoms with Gasteiger partial charge in [-0.1, -0.05) is 20.3 Å². The lowest BCUT2D eigenvalue weighted by Crippen LogP contribution is -2.60. The highest BCUT2D eigenvalue weighted by atomic mass is 16.9. The summed E-state index contributed by atoms with van der Waals surface area (Å²) in [4.78, 5) is 0. The second-order valence-corrected chi connectivity index (χ2v) is 5.78.